The summed E-state index contributed by atoms with van der Waals surface area (Å²) < 4.78 is 2.81. The molecule has 0 saturated heterocycles. The summed E-state index contributed by atoms with van der Waals surface area (Å²) in [6.07, 6.45) is 4.56. The van der Waals surface area contributed by atoms with Crippen LogP contribution in [0.2, 0.25) is 0 Å². The fourth-order valence-electron chi connectivity index (χ4n) is 2.25. The Kier molecular flexibility index (Phi) is 3.37. The van der Waals surface area contributed by atoms with Crippen molar-refractivity contribution in [2.24, 2.45) is 5.73 Å². The van der Waals surface area contributed by atoms with Crippen LogP contribution in [-0.4, -0.2) is 24.8 Å². The maximum atomic E-state index is 12.2. The van der Waals surface area contributed by atoms with E-state index in [0.29, 0.717) is 11.3 Å². The van der Waals surface area contributed by atoms with E-state index in [4.69, 9.17) is 5.73 Å². The Morgan fingerprint density at radius 1 is 1.35 bits per heavy atom. The van der Waals surface area contributed by atoms with Crippen molar-refractivity contribution in [1.29, 1.82) is 0 Å². The molecule has 9 heteroatoms. The Hall–Kier alpha value is -3.49. The van der Waals surface area contributed by atoms with Crippen LogP contribution in [0.5, 0.6) is 0 Å². The first-order chi connectivity index (χ1) is 11.0. The van der Waals surface area contributed by atoms with Crippen LogP contribution in [-0.2, 0) is 6.54 Å². The van der Waals surface area contributed by atoms with Crippen molar-refractivity contribution in [2.75, 3.05) is 0 Å². The zero-order valence-electron chi connectivity index (χ0n) is 11.7. The number of carbonyl (C=O) groups excluding carboxylic acids is 1. The normalized spacial score (nSPS) is 10.8. The summed E-state index contributed by atoms with van der Waals surface area (Å²) in [6, 6.07) is 6.30. The molecule has 0 aliphatic rings. The number of hydrogen-bond donors (Lipinski definition) is 1. The molecule has 2 N–H and O–H groups in total. The number of nitro groups is 1. The minimum absolute atomic E-state index is 0.0114. The molecule has 0 spiro atoms. The molecule has 0 aliphatic carbocycles. The predicted octanol–water partition coefficient (Wildman–Crippen LogP) is 0.551. The summed E-state index contributed by atoms with van der Waals surface area (Å²) in [4.78, 5) is 38.1. The van der Waals surface area contributed by atoms with Crippen LogP contribution in [0, 0.1) is 10.1 Å². The van der Waals surface area contributed by atoms with Crippen molar-refractivity contribution in [3.8, 4) is 0 Å². The summed E-state index contributed by atoms with van der Waals surface area (Å²) in [5.74, 6) is -1.01. The fourth-order valence-corrected chi connectivity index (χ4v) is 2.25. The largest absolute Gasteiger partial charge is 0.365 e. The van der Waals surface area contributed by atoms with Crippen molar-refractivity contribution in [1.82, 2.24) is 14.0 Å². The smallest absolute Gasteiger partial charge is 0.286 e. The summed E-state index contributed by atoms with van der Waals surface area (Å²) >= 11 is 0. The lowest BCUT2D eigenvalue weighted by molar-refractivity contribution is -0.385. The fraction of sp³-hybridized carbons (Fsp3) is 0.0714. The van der Waals surface area contributed by atoms with E-state index in [1.165, 1.54) is 0 Å². The molecule has 0 aromatic carbocycles. The van der Waals surface area contributed by atoms with Gasteiger partial charge in [0, 0.05) is 18.5 Å². The first kappa shape index (κ1) is 14.4. The van der Waals surface area contributed by atoms with Crippen LogP contribution in [0.1, 0.15) is 16.1 Å². The van der Waals surface area contributed by atoms with Crippen LogP contribution >= 0.6 is 0 Å². The van der Waals surface area contributed by atoms with E-state index in [2.05, 4.69) is 4.98 Å². The molecule has 0 aliphatic heterocycles. The molecule has 3 heterocycles. The Morgan fingerprint density at radius 3 is 2.78 bits per heavy atom. The zero-order valence-corrected chi connectivity index (χ0v) is 11.7. The highest BCUT2D eigenvalue weighted by molar-refractivity contribution is 5.92. The first-order valence-corrected chi connectivity index (χ1v) is 6.57. The number of amides is 1. The average molecular weight is 313 g/mol. The standard InChI is InChI=1S/C14H11N5O4/c15-13(20)11-5-10(19(22)23)8-18(14(11)21)7-9-6-17-4-2-1-3-12(17)16-9/h1-6,8H,7H2,(H2,15,20). The topological polar surface area (TPSA) is 126 Å². The van der Waals surface area contributed by atoms with Gasteiger partial charge in [-0.25, -0.2) is 4.98 Å². The van der Waals surface area contributed by atoms with Crippen molar-refractivity contribution < 1.29 is 9.72 Å². The SMILES string of the molecule is NC(=O)c1cc([N+](=O)[O-])cn(Cc2cn3ccccc3n2)c1=O. The third-order valence-electron chi connectivity index (χ3n) is 3.29. The van der Waals surface area contributed by atoms with Crippen molar-refractivity contribution >= 4 is 17.2 Å². The number of primary amides is 1. The molecule has 1 amide bonds. The molecule has 116 valence electrons. The van der Waals surface area contributed by atoms with E-state index in [0.717, 1.165) is 16.8 Å². The third kappa shape index (κ3) is 2.67. The van der Waals surface area contributed by atoms with Gasteiger partial charge in [-0.2, -0.15) is 0 Å². The van der Waals surface area contributed by atoms with Gasteiger partial charge in [0.15, 0.2) is 0 Å². The Bertz CT molecular complexity index is 955. The van der Waals surface area contributed by atoms with Gasteiger partial charge in [0.05, 0.1) is 23.4 Å². The lowest BCUT2D eigenvalue weighted by Gasteiger charge is -2.05. The number of nitrogens with two attached hydrogens (primary N) is 1. The predicted molar refractivity (Wildman–Crippen MR) is 80.2 cm³/mol. The van der Waals surface area contributed by atoms with Gasteiger partial charge < -0.3 is 14.7 Å². The summed E-state index contributed by atoms with van der Waals surface area (Å²) in [5.41, 5.74) is 4.80. The molecule has 9 nitrogen and oxygen atoms in total. The minimum Gasteiger partial charge on any atom is -0.365 e. The number of carbonyl (C=O) groups is 1. The van der Waals surface area contributed by atoms with Gasteiger partial charge in [-0.1, -0.05) is 6.07 Å². The van der Waals surface area contributed by atoms with Crippen LogP contribution in [0.25, 0.3) is 5.65 Å². The van der Waals surface area contributed by atoms with Crippen molar-refractivity contribution in [2.45, 2.75) is 6.54 Å². The monoisotopic (exact) mass is 313 g/mol. The Labute approximate surface area is 128 Å². The number of rotatable bonds is 4. The quantitative estimate of drug-likeness (QED) is 0.556. The molecular formula is C14H11N5O4. The Balaban J connectivity index is 2.09. The number of pyridine rings is 2. The first-order valence-electron chi connectivity index (χ1n) is 6.57. The molecule has 0 bridgehead atoms. The van der Waals surface area contributed by atoms with Crippen LogP contribution < -0.4 is 11.3 Å². The molecule has 0 atom stereocenters. The van der Waals surface area contributed by atoms with Gasteiger partial charge in [-0.3, -0.25) is 19.7 Å². The van der Waals surface area contributed by atoms with Gasteiger partial charge in [0.2, 0.25) is 0 Å². The highest BCUT2D eigenvalue weighted by Crippen LogP contribution is 2.12. The zero-order chi connectivity index (χ0) is 16.6. The van der Waals surface area contributed by atoms with E-state index >= 15 is 0 Å². The second-order valence-electron chi connectivity index (χ2n) is 4.86. The van der Waals surface area contributed by atoms with E-state index in [1.54, 1.807) is 22.9 Å². The molecule has 0 fully saturated rings. The number of fused-ring (bicyclic) bond motifs is 1. The summed E-state index contributed by atoms with van der Waals surface area (Å²) in [6.45, 7) is -0.0114. The lowest BCUT2D eigenvalue weighted by Crippen LogP contribution is -2.30. The number of imidazole rings is 1. The highest BCUT2D eigenvalue weighted by Gasteiger charge is 2.18. The van der Waals surface area contributed by atoms with Crippen LogP contribution in [0.4, 0.5) is 5.69 Å². The van der Waals surface area contributed by atoms with Crippen LogP contribution in [0.15, 0.2) is 47.7 Å². The van der Waals surface area contributed by atoms with Crippen LogP contribution in [0.3, 0.4) is 0 Å². The van der Waals surface area contributed by atoms with Crippen molar-refractivity contribution in [3.05, 3.63) is 74.6 Å². The lowest BCUT2D eigenvalue weighted by atomic mass is 10.2. The van der Waals surface area contributed by atoms with E-state index < -0.39 is 22.0 Å². The maximum absolute atomic E-state index is 12.2. The van der Waals surface area contributed by atoms with E-state index in [1.807, 2.05) is 12.1 Å². The van der Waals surface area contributed by atoms with Gasteiger partial charge in [-0.05, 0) is 12.1 Å². The minimum atomic E-state index is -1.01. The molecular weight excluding hydrogens is 302 g/mol. The Morgan fingerprint density at radius 2 is 2.13 bits per heavy atom. The maximum Gasteiger partial charge on any atom is 0.286 e. The van der Waals surface area contributed by atoms with E-state index in [-0.39, 0.29) is 12.2 Å². The third-order valence-corrected chi connectivity index (χ3v) is 3.29. The molecule has 3 aromatic heterocycles. The average Bonchev–Trinajstić information content (AvgIpc) is 2.91. The van der Waals surface area contributed by atoms with Crippen molar-refractivity contribution in [3.63, 3.8) is 0 Å². The van der Waals surface area contributed by atoms with Gasteiger partial charge in [0.1, 0.15) is 11.2 Å². The summed E-state index contributed by atoms with van der Waals surface area (Å²) in [7, 11) is 0. The second-order valence-corrected chi connectivity index (χ2v) is 4.86. The number of aromatic nitrogens is 3. The number of hydrogen-bond acceptors (Lipinski definition) is 5. The summed E-state index contributed by atoms with van der Waals surface area (Å²) in [5, 5.41) is 11.0. The van der Waals surface area contributed by atoms with Gasteiger partial charge in [0.25, 0.3) is 17.2 Å². The van der Waals surface area contributed by atoms with Gasteiger partial charge >= 0.3 is 0 Å². The van der Waals surface area contributed by atoms with Gasteiger partial charge in [-0.15, -0.1) is 0 Å². The molecule has 0 unspecified atom stereocenters. The molecule has 3 aromatic rings. The molecule has 0 radical (unpaired) electrons. The molecule has 23 heavy (non-hydrogen) atoms. The highest BCUT2D eigenvalue weighted by atomic mass is 16.6. The number of nitrogens with zero attached hydrogens (tertiary/aromatic N) is 4. The second kappa shape index (κ2) is 5.37. The molecule has 3 rings (SSSR count). The van der Waals surface area contributed by atoms with E-state index in [9.17, 15) is 19.7 Å². The molecule has 0 saturated carbocycles.